The van der Waals surface area contributed by atoms with E-state index in [2.05, 4.69) is 80.1 Å². The number of hydrogen-bond donors (Lipinski definition) is 1. The van der Waals surface area contributed by atoms with Gasteiger partial charge in [-0.15, -0.1) is 0 Å². The van der Waals surface area contributed by atoms with E-state index in [0.717, 1.165) is 10.2 Å². The molecule has 0 amide bonds. The Morgan fingerprint density at radius 2 is 1.69 bits per heavy atom. The summed E-state index contributed by atoms with van der Waals surface area (Å²) in [6.07, 6.45) is 0.660. The minimum absolute atomic E-state index is 0.660. The fraction of sp³-hybridized carbons (Fsp3) is 0.333. The van der Waals surface area contributed by atoms with Crippen LogP contribution in [0.4, 0.5) is 5.69 Å². The summed E-state index contributed by atoms with van der Waals surface area (Å²) in [5, 5.41) is 8.66. The van der Waals surface area contributed by atoms with E-state index in [1.165, 1.54) is 0 Å². The zero-order chi connectivity index (χ0) is 12.8. The molecule has 92 valence electrons. The van der Waals surface area contributed by atoms with Gasteiger partial charge < -0.3 is 5.11 Å². The second kappa shape index (κ2) is 8.48. The Balaban J connectivity index is 0.000000325. The summed E-state index contributed by atoms with van der Waals surface area (Å²) in [6.45, 7) is 1.86. The van der Waals surface area contributed by atoms with Crippen molar-refractivity contribution in [2.45, 2.75) is 16.8 Å². The number of alkyl halides is 2. The lowest BCUT2D eigenvalue weighted by Crippen LogP contribution is -2.04. The van der Waals surface area contributed by atoms with Crippen LogP contribution in [-0.4, -0.2) is 8.53 Å². The summed E-state index contributed by atoms with van der Waals surface area (Å²) in [5.74, 6) is 0. The number of hydrogen-bond acceptors (Lipinski definition) is 2. The van der Waals surface area contributed by atoms with Crippen molar-refractivity contribution in [3.8, 4) is 0 Å². The van der Waals surface area contributed by atoms with E-state index in [-0.39, 0.29) is 0 Å². The molecule has 0 aromatic heterocycles. The van der Waals surface area contributed by atoms with Gasteiger partial charge in [-0.05, 0) is 66.3 Å². The third-order valence-electron chi connectivity index (χ3n) is 1.46. The van der Waals surface area contributed by atoms with E-state index in [1.54, 1.807) is 2.95 Å². The fourth-order valence-corrected chi connectivity index (χ4v) is 2.15. The summed E-state index contributed by atoms with van der Waals surface area (Å²) < 4.78 is 1.91. The first-order valence-corrected chi connectivity index (χ1v) is 8.04. The maximum absolute atomic E-state index is 8.66. The van der Waals surface area contributed by atoms with Gasteiger partial charge in [0, 0.05) is 4.47 Å². The molecule has 1 N–H and O–H groups in total. The number of benzene rings is 1. The number of para-hydroxylation sites is 1. The van der Waals surface area contributed by atoms with Crippen LogP contribution < -0.4 is 2.95 Å². The largest absolute Gasteiger partial charge is 0.369 e. The third kappa shape index (κ3) is 8.47. The van der Waals surface area contributed by atoms with Gasteiger partial charge >= 0.3 is 0 Å². The van der Waals surface area contributed by atoms with Gasteiger partial charge in [-0.1, -0.05) is 19.1 Å². The van der Waals surface area contributed by atoms with Crippen molar-refractivity contribution >= 4 is 85.8 Å². The molecule has 1 aromatic rings. The molecule has 0 aliphatic heterocycles. The smallest absolute Gasteiger partial charge is 0.174 e. The van der Waals surface area contributed by atoms with Crippen LogP contribution in [0.2, 0.25) is 0 Å². The minimum atomic E-state index is -0.833. The van der Waals surface area contributed by atoms with Gasteiger partial charge in [0.05, 0.1) is 38.0 Å². The Labute approximate surface area is 138 Å². The van der Waals surface area contributed by atoms with Crippen LogP contribution in [0.5, 0.6) is 0 Å². The number of halogens is 5. The zero-order valence-electron chi connectivity index (χ0n) is 8.30. The van der Waals surface area contributed by atoms with Crippen molar-refractivity contribution in [1.82, 2.24) is 0 Å². The molecule has 0 saturated carbocycles. The predicted octanol–water partition coefficient (Wildman–Crippen LogP) is 5.71. The van der Waals surface area contributed by atoms with Gasteiger partial charge in [-0.25, -0.2) is 2.95 Å². The molecular weight excluding hydrogens is 538 g/mol. The molecule has 0 saturated heterocycles. The molecule has 1 rings (SSSR count). The van der Waals surface area contributed by atoms with Gasteiger partial charge in [-0.3, -0.25) is 0 Å². The van der Waals surface area contributed by atoms with E-state index in [0.29, 0.717) is 6.42 Å². The molecule has 0 unspecified atom stereocenters. The Kier molecular flexibility index (Phi) is 9.21. The van der Waals surface area contributed by atoms with Crippen molar-refractivity contribution in [1.29, 1.82) is 0 Å². The van der Waals surface area contributed by atoms with Gasteiger partial charge in [0.1, 0.15) is 0 Å². The van der Waals surface area contributed by atoms with Gasteiger partial charge in [0.2, 0.25) is 0 Å². The molecule has 0 radical (unpaired) electrons. The number of aliphatic hydroxyl groups is 1. The predicted molar refractivity (Wildman–Crippen MR) is 87.6 cm³/mol. The van der Waals surface area contributed by atoms with E-state index in [1.807, 2.05) is 31.2 Å². The lowest BCUT2D eigenvalue weighted by molar-refractivity contribution is 0.240. The second-order valence-corrected chi connectivity index (χ2v) is 9.62. The van der Waals surface area contributed by atoms with Gasteiger partial charge in [-0.2, -0.15) is 0 Å². The summed E-state index contributed by atoms with van der Waals surface area (Å²) in [5.41, 5.74) is 1.04. The third-order valence-corrected chi connectivity index (χ3v) is 4.02. The molecule has 0 heterocycles. The summed E-state index contributed by atoms with van der Waals surface area (Å²) in [6, 6.07) is 7.89. The highest BCUT2D eigenvalue weighted by atomic mass is 79.9. The SMILES string of the molecule is Brc1ccccc1N(Br)Br.CCC(O)(Br)Br. The Morgan fingerprint density at radius 3 is 1.94 bits per heavy atom. The first-order chi connectivity index (χ1) is 7.28. The molecule has 0 aliphatic rings. The van der Waals surface area contributed by atoms with Crippen LogP contribution in [0.25, 0.3) is 0 Å². The van der Waals surface area contributed by atoms with E-state index >= 15 is 0 Å². The Hall–Kier alpha value is 1.38. The fourth-order valence-electron chi connectivity index (χ4n) is 0.589. The highest BCUT2D eigenvalue weighted by molar-refractivity contribution is 9.25. The summed E-state index contributed by atoms with van der Waals surface area (Å²) in [7, 11) is 0. The standard InChI is InChI=1S/C6H4Br3N.C3H6Br2O/c7-5-3-1-2-4-6(5)10(8)9;1-2-3(4,5)6/h1-4H;6H,2H2,1H3. The zero-order valence-corrected chi connectivity index (χ0v) is 16.2. The van der Waals surface area contributed by atoms with Crippen molar-refractivity contribution in [2.75, 3.05) is 2.95 Å². The van der Waals surface area contributed by atoms with Crippen LogP contribution in [0.15, 0.2) is 28.7 Å². The van der Waals surface area contributed by atoms with Crippen molar-refractivity contribution in [3.63, 3.8) is 0 Å². The number of anilines is 1. The topological polar surface area (TPSA) is 23.5 Å². The van der Waals surface area contributed by atoms with Gasteiger partial charge in [0.25, 0.3) is 0 Å². The minimum Gasteiger partial charge on any atom is -0.369 e. The monoisotopic (exact) mass is 543 g/mol. The lowest BCUT2D eigenvalue weighted by Gasteiger charge is -2.07. The average Bonchev–Trinajstić information content (AvgIpc) is 2.18. The summed E-state index contributed by atoms with van der Waals surface area (Å²) >= 11 is 15.8. The Bertz CT molecular complexity index is 313. The second-order valence-electron chi connectivity index (χ2n) is 2.70. The van der Waals surface area contributed by atoms with Crippen molar-refractivity contribution < 1.29 is 5.11 Å². The highest BCUT2D eigenvalue weighted by Gasteiger charge is 2.11. The maximum atomic E-state index is 8.66. The lowest BCUT2D eigenvalue weighted by atomic mass is 10.3. The van der Waals surface area contributed by atoms with Crippen LogP contribution >= 0.6 is 80.1 Å². The first-order valence-electron chi connectivity index (χ1n) is 4.24. The molecule has 0 aliphatic carbocycles. The molecule has 0 spiro atoms. The van der Waals surface area contributed by atoms with Crippen LogP contribution in [-0.2, 0) is 0 Å². The highest BCUT2D eigenvalue weighted by Crippen LogP contribution is 2.30. The Morgan fingerprint density at radius 1 is 1.25 bits per heavy atom. The molecule has 1 aromatic carbocycles. The molecule has 7 heteroatoms. The molecule has 2 nitrogen and oxygen atoms in total. The molecule has 0 bridgehead atoms. The van der Waals surface area contributed by atoms with Crippen molar-refractivity contribution in [3.05, 3.63) is 28.7 Å². The maximum Gasteiger partial charge on any atom is 0.174 e. The van der Waals surface area contributed by atoms with Crippen LogP contribution in [0.3, 0.4) is 0 Å². The van der Waals surface area contributed by atoms with Gasteiger partial charge in [0.15, 0.2) is 3.42 Å². The molecule has 0 atom stereocenters. The van der Waals surface area contributed by atoms with Crippen LogP contribution in [0, 0.1) is 0 Å². The molecule has 0 fully saturated rings. The number of nitrogens with zero attached hydrogens (tertiary/aromatic N) is 1. The average molecular weight is 548 g/mol. The molecular formula is C9H10Br5NO. The quantitative estimate of drug-likeness (QED) is 0.379. The normalized spacial score (nSPS) is 10.4. The summed E-state index contributed by atoms with van der Waals surface area (Å²) in [4.78, 5) is 0. The van der Waals surface area contributed by atoms with Crippen LogP contribution in [0.1, 0.15) is 13.3 Å². The first kappa shape index (κ1) is 17.4. The van der Waals surface area contributed by atoms with E-state index in [4.69, 9.17) is 5.11 Å². The van der Waals surface area contributed by atoms with E-state index in [9.17, 15) is 0 Å². The van der Waals surface area contributed by atoms with E-state index < -0.39 is 3.42 Å². The number of rotatable bonds is 2. The molecule has 16 heavy (non-hydrogen) atoms. The van der Waals surface area contributed by atoms with Crippen molar-refractivity contribution in [2.24, 2.45) is 0 Å².